The van der Waals surface area contributed by atoms with Gasteiger partial charge in [0.05, 0.1) is 16.0 Å². The first-order chi connectivity index (χ1) is 14.3. The topological polar surface area (TPSA) is 104 Å². The van der Waals surface area contributed by atoms with Crippen LogP contribution in [-0.2, 0) is 10.0 Å². The van der Waals surface area contributed by atoms with Crippen molar-refractivity contribution in [2.24, 2.45) is 0 Å². The smallest absolute Gasteiger partial charge is 0.261 e. The third kappa shape index (κ3) is 3.50. The van der Waals surface area contributed by atoms with E-state index in [1.54, 1.807) is 12.1 Å². The fraction of sp³-hybridized carbons (Fsp3) is 0.286. The van der Waals surface area contributed by atoms with Gasteiger partial charge < -0.3 is 5.32 Å². The number of nitrogens with one attached hydrogen (secondary N) is 1. The number of imide groups is 1. The van der Waals surface area contributed by atoms with Crippen LogP contribution in [0.25, 0.3) is 0 Å². The van der Waals surface area contributed by atoms with Crippen LogP contribution in [0, 0.1) is 0 Å². The van der Waals surface area contributed by atoms with Gasteiger partial charge in [-0.15, -0.1) is 0 Å². The number of nitrogens with zero attached hydrogens (tertiary/aromatic N) is 2. The molecule has 30 heavy (non-hydrogen) atoms. The first-order valence-electron chi connectivity index (χ1n) is 9.67. The van der Waals surface area contributed by atoms with Gasteiger partial charge in [-0.05, 0) is 49.2 Å². The van der Waals surface area contributed by atoms with Crippen molar-refractivity contribution in [1.29, 1.82) is 0 Å². The van der Waals surface area contributed by atoms with E-state index in [9.17, 15) is 22.8 Å². The molecule has 0 aliphatic carbocycles. The first kappa shape index (κ1) is 20.2. The standard InChI is InChI=1S/C21H21N3O5S/c1-23-20(26)17-9-8-14(12-18(17)21(23)27)19(25)22-15-6-5-7-16(13-15)30(28,29)24-10-3-2-4-11-24/h5-9,12-13H,2-4,10-11H2,1H3,(H,22,25). The van der Waals surface area contributed by atoms with E-state index in [1.165, 1.54) is 41.7 Å². The maximum absolute atomic E-state index is 12.9. The number of amides is 3. The van der Waals surface area contributed by atoms with Gasteiger partial charge in [0.15, 0.2) is 0 Å². The molecule has 9 heteroatoms. The van der Waals surface area contributed by atoms with Gasteiger partial charge >= 0.3 is 0 Å². The molecule has 3 amide bonds. The van der Waals surface area contributed by atoms with Crippen molar-refractivity contribution in [3.63, 3.8) is 0 Å². The highest BCUT2D eigenvalue weighted by atomic mass is 32.2. The number of anilines is 1. The molecule has 2 heterocycles. The molecule has 2 aromatic rings. The minimum atomic E-state index is -3.62. The fourth-order valence-electron chi connectivity index (χ4n) is 3.69. The second-order valence-electron chi connectivity index (χ2n) is 7.38. The van der Waals surface area contributed by atoms with Gasteiger partial charge in [0.2, 0.25) is 10.0 Å². The number of hydrogen-bond donors (Lipinski definition) is 1. The molecule has 1 saturated heterocycles. The van der Waals surface area contributed by atoms with E-state index < -0.39 is 27.7 Å². The van der Waals surface area contributed by atoms with Gasteiger partial charge in [-0.3, -0.25) is 19.3 Å². The van der Waals surface area contributed by atoms with Crippen LogP contribution in [0.4, 0.5) is 5.69 Å². The molecule has 2 aromatic carbocycles. The van der Waals surface area contributed by atoms with Gasteiger partial charge in [-0.1, -0.05) is 12.5 Å². The second-order valence-corrected chi connectivity index (χ2v) is 9.31. The highest BCUT2D eigenvalue weighted by Crippen LogP contribution is 2.25. The Kier molecular flexibility index (Phi) is 5.17. The lowest BCUT2D eigenvalue weighted by Crippen LogP contribution is -2.35. The highest BCUT2D eigenvalue weighted by molar-refractivity contribution is 7.89. The SMILES string of the molecule is CN1C(=O)c2ccc(C(=O)Nc3cccc(S(=O)(=O)N4CCCCC4)c3)cc2C1=O. The van der Waals surface area contributed by atoms with Crippen molar-refractivity contribution in [3.8, 4) is 0 Å². The van der Waals surface area contributed by atoms with Crippen LogP contribution in [-0.4, -0.2) is 55.5 Å². The van der Waals surface area contributed by atoms with Crippen LogP contribution in [0.2, 0.25) is 0 Å². The number of carbonyl (C=O) groups is 3. The third-order valence-electron chi connectivity index (χ3n) is 5.40. The maximum Gasteiger partial charge on any atom is 0.261 e. The van der Waals surface area contributed by atoms with Gasteiger partial charge in [-0.25, -0.2) is 8.42 Å². The number of sulfonamides is 1. The molecule has 8 nitrogen and oxygen atoms in total. The summed E-state index contributed by atoms with van der Waals surface area (Å²) < 4.78 is 27.2. The molecule has 1 fully saturated rings. The molecule has 0 saturated carbocycles. The zero-order valence-corrected chi connectivity index (χ0v) is 17.2. The van der Waals surface area contributed by atoms with Crippen molar-refractivity contribution < 1.29 is 22.8 Å². The van der Waals surface area contributed by atoms with Crippen molar-refractivity contribution >= 4 is 33.4 Å². The van der Waals surface area contributed by atoms with E-state index in [0.717, 1.165) is 24.2 Å². The van der Waals surface area contributed by atoms with Crippen LogP contribution in [0.3, 0.4) is 0 Å². The summed E-state index contributed by atoms with van der Waals surface area (Å²) in [5, 5.41) is 2.67. The summed E-state index contributed by atoms with van der Waals surface area (Å²) in [4.78, 5) is 37.9. The van der Waals surface area contributed by atoms with E-state index >= 15 is 0 Å². The molecule has 0 bridgehead atoms. The Morgan fingerprint density at radius 2 is 1.63 bits per heavy atom. The summed E-state index contributed by atoms with van der Waals surface area (Å²) in [7, 11) is -2.23. The zero-order chi connectivity index (χ0) is 21.5. The van der Waals surface area contributed by atoms with E-state index in [4.69, 9.17) is 0 Å². The Morgan fingerprint density at radius 3 is 2.37 bits per heavy atom. The lowest BCUT2D eigenvalue weighted by Gasteiger charge is -2.26. The zero-order valence-electron chi connectivity index (χ0n) is 16.4. The molecule has 4 rings (SSSR count). The van der Waals surface area contributed by atoms with Crippen LogP contribution < -0.4 is 5.32 Å². The number of rotatable bonds is 4. The van der Waals surface area contributed by atoms with Gasteiger partial charge in [0, 0.05) is 31.4 Å². The molecular formula is C21H21N3O5S. The number of piperidine rings is 1. The molecular weight excluding hydrogens is 406 g/mol. The average molecular weight is 427 g/mol. The Hall–Kier alpha value is -3.04. The highest BCUT2D eigenvalue weighted by Gasteiger charge is 2.33. The minimum absolute atomic E-state index is 0.124. The van der Waals surface area contributed by atoms with Crippen molar-refractivity contribution in [3.05, 3.63) is 59.2 Å². The summed E-state index contributed by atoms with van der Waals surface area (Å²) in [6.45, 7) is 0.991. The molecule has 0 aromatic heterocycles. The van der Waals surface area contributed by atoms with Crippen LogP contribution >= 0.6 is 0 Å². The lowest BCUT2D eigenvalue weighted by atomic mass is 10.1. The fourth-order valence-corrected chi connectivity index (χ4v) is 5.26. The molecule has 0 radical (unpaired) electrons. The van der Waals surface area contributed by atoms with Gasteiger partial charge in [0.1, 0.15) is 0 Å². The van der Waals surface area contributed by atoms with Crippen molar-refractivity contribution in [2.75, 3.05) is 25.5 Å². The molecule has 2 aliphatic heterocycles. The lowest BCUT2D eigenvalue weighted by molar-refractivity contribution is 0.0693. The first-order valence-corrected chi connectivity index (χ1v) is 11.1. The van der Waals surface area contributed by atoms with E-state index in [0.29, 0.717) is 18.8 Å². The summed E-state index contributed by atoms with van der Waals surface area (Å²) >= 11 is 0. The predicted molar refractivity (Wildman–Crippen MR) is 110 cm³/mol. The Labute approximate surface area is 174 Å². The monoisotopic (exact) mass is 427 g/mol. The number of benzene rings is 2. The van der Waals surface area contributed by atoms with Crippen molar-refractivity contribution in [1.82, 2.24) is 9.21 Å². The molecule has 2 aliphatic rings. The Morgan fingerprint density at radius 1 is 0.933 bits per heavy atom. The molecule has 156 valence electrons. The van der Waals surface area contributed by atoms with E-state index in [-0.39, 0.29) is 21.6 Å². The third-order valence-corrected chi connectivity index (χ3v) is 7.29. The normalized spacial score (nSPS) is 17.2. The largest absolute Gasteiger partial charge is 0.322 e. The Bertz CT molecular complexity index is 1150. The van der Waals surface area contributed by atoms with Gasteiger partial charge in [0.25, 0.3) is 17.7 Å². The van der Waals surface area contributed by atoms with Crippen LogP contribution in [0.15, 0.2) is 47.4 Å². The molecule has 0 spiro atoms. The van der Waals surface area contributed by atoms with E-state index in [1.807, 2.05) is 0 Å². The van der Waals surface area contributed by atoms with Gasteiger partial charge in [-0.2, -0.15) is 4.31 Å². The number of carbonyl (C=O) groups excluding carboxylic acids is 3. The summed E-state index contributed by atoms with van der Waals surface area (Å²) in [5.41, 5.74) is 0.970. The second kappa shape index (κ2) is 7.66. The Balaban J connectivity index is 1.56. The molecule has 0 unspecified atom stereocenters. The number of hydrogen-bond acceptors (Lipinski definition) is 5. The minimum Gasteiger partial charge on any atom is -0.322 e. The predicted octanol–water partition coefficient (Wildman–Crippen LogP) is 2.34. The maximum atomic E-state index is 12.9. The van der Waals surface area contributed by atoms with Crippen LogP contribution in [0.1, 0.15) is 50.3 Å². The van der Waals surface area contributed by atoms with Crippen molar-refractivity contribution in [2.45, 2.75) is 24.2 Å². The van der Waals surface area contributed by atoms with Crippen LogP contribution in [0.5, 0.6) is 0 Å². The molecule has 1 N–H and O–H groups in total. The number of fused-ring (bicyclic) bond motifs is 1. The average Bonchev–Trinajstić information content (AvgIpc) is 2.98. The van der Waals surface area contributed by atoms with E-state index in [2.05, 4.69) is 5.32 Å². The quantitative estimate of drug-likeness (QED) is 0.755. The summed E-state index contributed by atoms with van der Waals surface area (Å²) in [6.07, 6.45) is 2.70. The summed E-state index contributed by atoms with van der Waals surface area (Å²) in [6, 6.07) is 10.4. The summed E-state index contributed by atoms with van der Waals surface area (Å²) in [5.74, 6) is -1.36. The molecule has 0 atom stereocenters.